The van der Waals surface area contributed by atoms with E-state index in [0.29, 0.717) is 0 Å². The lowest BCUT2D eigenvalue weighted by Crippen LogP contribution is -2.17. The van der Waals surface area contributed by atoms with Crippen LogP contribution in [0.25, 0.3) is 0 Å². The number of halogens is 1. The topological polar surface area (TPSA) is 9.23 Å². The molecule has 0 spiro atoms. The normalized spacial score (nSPS) is 30.4. The molecule has 1 heterocycles. The van der Waals surface area contributed by atoms with Crippen LogP contribution in [-0.2, 0) is 4.74 Å². The molecule has 0 N–H and O–H groups in total. The first-order valence-corrected chi connectivity index (χ1v) is 4.19. The molecule has 1 nitrogen and oxygen atoms in total. The first-order chi connectivity index (χ1) is 3.93. The SMILES string of the molecule is BrC[C@H]1CCCOC1. The molecule has 0 aromatic rings. The summed E-state index contributed by atoms with van der Waals surface area (Å²) in [6.45, 7) is 1.94. The third-order valence-corrected chi connectivity index (χ3v) is 2.39. The minimum absolute atomic E-state index is 0.781. The van der Waals surface area contributed by atoms with Gasteiger partial charge >= 0.3 is 0 Å². The Hall–Kier alpha value is 0.440. The summed E-state index contributed by atoms with van der Waals surface area (Å²) in [5.74, 6) is 0.781. The Balaban J connectivity index is 2.13. The summed E-state index contributed by atoms with van der Waals surface area (Å²) in [6, 6.07) is 0. The zero-order valence-corrected chi connectivity index (χ0v) is 6.49. The zero-order chi connectivity index (χ0) is 5.82. The summed E-state index contributed by atoms with van der Waals surface area (Å²) >= 11 is 3.43. The van der Waals surface area contributed by atoms with Gasteiger partial charge in [-0.25, -0.2) is 0 Å². The second kappa shape index (κ2) is 3.46. The van der Waals surface area contributed by atoms with Gasteiger partial charge in [0.1, 0.15) is 0 Å². The quantitative estimate of drug-likeness (QED) is 0.557. The predicted octanol–water partition coefficient (Wildman–Crippen LogP) is 1.81. The maximum atomic E-state index is 5.24. The molecule has 2 heteroatoms. The van der Waals surface area contributed by atoms with Crippen LogP contribution in [0.2, 0.25) is 0 Å². The lowest BCUT2D eigenvalue weighted by Gasteiger charge is -2.19. The number of rotatable bonds is 1. The highest BCUT2D eigenvalue weighted by Crippen LogP contribution is 2.14. The largest absolute Gasteiger partial charge is 0.381 e. The second-order valence-electron chi connectivity index (χ2n) is 2.24. The van der Waals surface area contributed by atoms with E-state index in [1.54, 1.807) is 0 Å². The van der Waals surface area contributed by atoms with E-state index in [-0.39, 0.29) is 0 Å². The van der Waals surface area contributed by atoms with Gasteiger partial charge in [-0.15, -0.1) is 0 Å². The van der Waals surface area contributed by atoms with Crippen molar-refractivity contribution in [1.82, 2.24) is 0 Å². The van der Waals surface area contributed by atoms with Crippen molar-refractivity contribution in [3.05, 3.63) is 0 Å². The lowest BCUT2D eigenvalue weighted by molar-refractivity contribution is 0.0636. The fraction of sp³-hybridized carbons (Fsp3) is 1.00. The summed E-state index contributed by atoms with van der Waals surface area (Å²) in [5.41, 5.74) is 0. The van der Waals surface area contributed by atoms with Gasteiger partial charge in [0.2, 0.25) is 0 Å². The minimum Gasteiger partial charge on any atom is -0.381 e. The van der Waals surface area contributed by atoms with E-state index in [2.05, 4.69) is 15.9 Å². The van der Waals surface area contributed by atoms with Crippen LogP contribution in [0.4, 0.5) is 0 Å². The van der Waals surface area contributed by atoms with E-state index >= 15 is 0 Å². The molecule has 1 fully saturated rings. The van der Waals surface area contributed by atoms with Gasteiger partial charge in [0.25, 0.3) is 0 Å². The average molecular weight is 179 g/mol. The van der Waals surface area contributed by atoms with Crippen molar-refractivity contribution in [2.24, 2.45) is 5.92 Å². The molecule has 0 unspecified atom stereocenters. The third kappa shape index (κ3) is 1.75. The first kappa shape index (κ1) is 6.56. The Morgan fingerprint density at radius 3 is 2.88 bits per heavy atom. The molecular weight excluding hydrogens is 168 g/mol. The minimum atomic E-state index is 0.781. The molecule has 0 aliphatic carbocycles. The highest BCUT2D eigenvalue weighted by atomic mass is 79.9. The van der Waals surface area contributed by atoms with Crippen LogP contribution in [0, 0.1) is 5.92 Å². The Morgan fingerprint density at radius 2 is 2.50 bits per heavy atom. The smallest absolute Gasteiger partial charge is 0.0502 e. The summed E-state index contributed by atoms with van der Waals surface area (Å²) in [7, 11) is 0. The van der Waals surface area contributed by atoms with Gasteiger partial charge in [-0.3, -0.25) is 0 Å². The first-order valence-electron chi connectivity index (χ1n) is 3.07. The van der Waals surface area contributed by atoms with Crippen molar-refractivity contribution >= 4 is 15.9 Å². The average Bonchev–Trinajstić information content (AvgIpc) is 1.90. The number of hydrogen-bond acceptors (Lipinski definition) is 1. The van der Waals surface area contributed by atoms with Gasteiger partial charge < -0.3 is 4.74 Å². The highest BCUT2D eigenvalue weighted by Gasteiger charge is 2.10. The van der Waals surface area contributed by atoms with E-state index in [1.165, 1.54) is 12.8 Å². The Bertz CT molecular complexity index is 59.5. The molecule has 0 aromatic carbocycles. The summed E-state index contributed by atoms with van der Waals surface area (Å²) in [6.07, 6.45) is 2.58. The van der Waals surface area contributed by atoms with Crippen molar-refractivity contribution in [1.29, 1.82) is 0 Å². The molecule has 1 atom stereocenters. The lowest BCUT2D eigenvalue weighted by atomic mass is 10.1. The van der Waals surface area contributed by atoms with Gasteiger partial charge in [0, 0.05) is 11.9 Å². The third-order valence-electron chi connectivity index (χ3n) is 1.47. The monoisotopic (exact) mass is 178 g/mol. The van der Waals surface area contributed by atoms with Crippen LogP contribution in [0.5, 0.6) is 0 Å². The standard InChI is InChI=1S/C6H11BrO/c7-4-6-2-1-3-8-5-6/h6H,1-5H2/t6-/m1/s1. The summed E-state index contributed by atoms with van der Waals surface area (Å²) in [5, 5.41) is 1.10. The van der Waals surface area contributed by atoms with Gasteiger partial charge in [-0.1, -0.05) is 15.9 Å². The van der Waals surface area contributed by atoms with Crippen LogP contribution in [0.15, 0.2) is 0 Å². The maximum absolute atomic E-state index is 5.24. The van der Waals surface area contributed by atoms with Crippen molar-refractivity contribution < 1.29 is 4.74 Å². The molecule has 0 aromatic heterocycles. The molecule has 0 radical (unpaired) electrons. The van der Waals surface area contributed by atoms with E-state index < -0.39 is 0 Å². The van der Waals surface area contributed by atoms with Gasteiger partial charge in [0.05, 0.1) is 6.61 Å². The molecule has 8 heavy (non-hydrogen) atoms. The van der Waals surface area contributed by atoms with E-state index in [9.17, 15) is 0 Å². The van der Waals surface area contributed by atoms with E-state index in [0.717, 1.165) is 24.5 Å². The van der Waals surface area contributed by atoms with Crippen LogP contribution < -0.4 is 0 Å². The number of ether oxygens (including phenoxy) is 1. The van der Waals surface area contributed by atoms with Crippen molar-refractivity contribution in [3.8, 4) is 0 Å². The van der Waals surface area contributed by atoms with Crippen LogP contribution in [0.1, 0.15) is 12.8 Å². The van der Waals surface area contributed by atoms with Gasteiger partial charge in [-0.2, -0.15) is 0 Å². The molecule has 1 rings (SSSR count). The van der Waals surface area contributed by atoms with Crippen LogP contribution >= 0.6 is 15.9 Å². The molecule has 0 saturated carbocycles. The van der Waals surface area contributed by atoms with E-state index in [1.807, 2.05) is 0 Å². The maximum Gasteiger partial charge on any atom is 0.0502 e. The van der Waals surface area contributed by atoms with Crippen LogP contribution in [0.3, 0.4) is 0 Å². The Kier molecular flexibility index (Phi) is 2.84. The van der Waals surface area contributed by atoms with E-state index in [4.69, 9.17) is 4.74 Å². The summed E-state index contributed by atoms with van der Waals surface area (Å²) < 4.78 is 5.24. The van der Waals surface area contributed by atoms with Crippen LogP contribution in [-0.4, -0.2) is 18.5 Å². The van der Waals surface area contributed by atoms with Crippen molar-refractivity contribution in [2.75, 3.05) is 18.5 Å². The molecule has 1 saturated heterocycles. The van der Waals surface area contributed by atoms with Crippen molar-refractivity contribution in [3.63, 3.8) is 0 Å². The number of hydrogen-bond donors (Lipinski definition) is 0. The number of alkyl halides is 1. The molecule has 0 amide bonds. The predicted molar refractivity (Wildman–Crippen MR) is 37.3 cm³/mol. The fourth-order valence-corrected chi connectivity index (χ4v) is 1.44. The molecular formula is C6H11BrO. The highest BCUT2D eigenvalue weighted by molar-refractivity contribution is 9.09. The Labute approximate surface area is 58.5 Å². The fourth-order valence-electron chi connectivity index (χ4n) is 0.929. The zero-order valence-electron chi connectivity index (χ0n) is 4.90. The van der Waals surface area contributed by atoms with Gasteiger partial charge in [0.15, 0.2) is 0 Å². The second-order valence-corrected chi connectivity index (χ2v) is 2.88. The summed E-state index contributed by atoms with van der Waals surface area (Å²) in [4.78, 5) is 0. The Morgan fingerprint density at radius 1 is 1.62 bits per heavy atom. The molecule has 1 aliphatic heterocycles. The molecule has 48 valence electrons. The molecule has 0 bridgehead atoms. The van der Waals surface area contributed by atoms with Gasteiger partial charge in [-0.05, 0) is 18.8 Å². The van der Waals surface area contributed by atoms with Crippen molar-refractivity contribution in [2.45, 2.75) is 12.8 Å². The molecule has 1 aliphatic rings.